The van der Waals surface area contributed by atoms with Crippen molar-refractivity contribution in [1.29, 1.82) is 0 Å². The van der Waals surface area contributed by atoms with Crippen molar-refractivity contribution >= 4 is 11.6 Å². The molecule has 0 fully saturated rings. The van der Waals surface area contributed by atoms with Crippen molar-refractivity contribution in [2.75, 3.05) is 6.54 Å². The molecule has 3 nitrogen and oxygen atoms in total. The van der Waals surface area contributed by atoms with Crippen molar-refractivity contribution in [1.82, 2.24) is 14.9 Å². The minimum atomic E-state index is 0.577. The van der Waals surface area contributed by atoms with Gasteiger partial charge in [-0.3, -0.25) is 0 Å². The lowest BCUT2D eigenvalue weighted by molar-refractivity contribution is 0.587. The van der Waals surface area contributed by atoms with Crippen LogP contribution < -0.4 is 5.32 Å². The Balaban J connectivity index is 1.73. The van der Waals surface area contributed by atoms with E-state index in [1.54, 1.807) is 0 Å². The summed E-state index contributed by atoms with van der Waals surface area (Å²) in [7, 11) is 0. The summed E-state index contributed by atoms with van der Waals surface area (Å²) in [6.07, 6.45) is 3.84. The van der Waals surface area contributed by atoms with Gasteiger partial charge in [-0.25, -0.2) is 4.98 Å². The molecule has 18 heavy (non-hydrogen) atoms. The van der Waals surface area contributed by atoms with Crippen LogP contribution in [-0.4, -0.2) is 16.1 Å². The Labute approximate surface area is 113 Å². The summed E-state index contributed by atoms with van der Waals surface area (Å²) in [5, 5.41) is 3.42. The van der Waals surface area contributed by atoms with Gasteiger partial charge >= 0.3 is 0 Å². The van der Waals surface area contributed by atoms with Gasteiger partial charge in [0, 0.05) is 37.9 Å². The van der Waals surface area contributed by atoms with Crippen LogP contribution in [0.4, 0.5) is 0 Å². The monoisotopic (exact) mass is 263 g/mol. The first-order valence-corrected chi connectivity index (χ1v) is 6.65. The molecule has 0 amide bonds. The fourth-order valence-corrected chi connectivity index (χ4v) is 2.00. The van der Waals surface area contributed by atoms with Crippen LogP contribution in [0, 0.1) is 6.92 Å². The van der Waals surface area contributed by atoms with Crippen molar-refractivity contribution in [2.45, 2.75) is 25.9 Å². The fraction of sp³-hybridized carbons (Fsp3) is 0.357. The van der Waals surface area contributed by atoms with Gasteiger partial charge in [0.25, 0.3) is 0 Å². The number of hydrogen-bond donors (Lipinski definition) is 1. The number of halogens is 1. The average Bonchev–Trinajstić information content (AvgIpc) is 2.81. The zero-order valence-corrected chi connectivity index (χ0v) is 11.3. The van der Waals surface area contributed by atoms with Crippen LogP contribution in [0.5, 0.6) is 0 Å². The summed E-state index contributed by atoms with van der Waals surface area (Å²) in [5.74, 6) is 1.64. The van der Waals surface area contributed by atoms with Crippen LogP contribution in [0.1, 0.15) is 17.0 Å². The highest BCUT2D eigenvalue weighted by atomic mass is 35.5. The highest BCUT2D eigenvalue weighted by Gasteiger charge is 1.97. The quantitative estimate of drug-likeness (QED) is 0.642. The molecule has 0 atom stereocenters. The van der Waals surface area contributed by atoms with Crippen molar-refractivity contribution in [3.8, 4) is 0 Å². The Morgan fingerprint density at radius 1 is 1.22 bits per heavy atom. The first-order chi connectivity index (χ1) is 8.79. The molecule has 0 bridgehead atoms. The van der Waals surface area contributed by atoms with Gasteiger partial charge < -0.3 is 9.88 Å². The maximum Gasteiger partial charge on any atom is 0.105 e. The molecule has 1 aromatic carbocycles. The Hall–Kier alpha value is -1.32. The largest absolute Gasteiger partial charge is 0.334 e. The standard InChI is InChI=1S/C14H18ClN3/c1-12-17-7-9-18(12)8-6-16-11-14-4-2-13(10-15)3-5-14/h2-5,7,9,16H,6,8,10-11H2,1H3. The number of aromatic nitrogens is 2. The normalized spacial score (nSPS) is 10.8. The second kappa shape index (κ2) is 6.57. The Bertz CT molecular complexity index is 476. The van der Waals surface area contributed by atoms with Crippen molar-refractivity contribution in [3.05, 3.63) is 53.6 Å². The summed E-state index contributed by atoms with van der Waals surface area (Å²) in [5.41, 5.74) is 2.45. The molecule has 2 rings (SSSR count). The topological polar surface area (TPSA) is 29.9 Å². The lowest BCUT2D eigenvalue weighted by atomic mass is 10.1. The number of rotatable bonds is 6. The average molecular weight is 264 g/mol. The van der Waals surface area contributed by atoms with E-state index >= 15 is 0 Å². The summed E-state index contributed by atoms with van der Waals surface area (Å²) >= 11 is 5.75. The van der Waals surface area contributed by atoms with E-state index in [-0.39, 0.29) is 0 Å². The highest BCUT2D eigenvalue weighted by Crippen LogP contribution is 2.06. The van der Waals surface area contributed by atoms with Crippen LogP contribution in [-0.2, 0) is 19.0 Å². The predicted molar refractivity (Wildman–Crippen MR) is 74.7 cm³/mol. The van der Waals surface area contributed by atoms with Gasteiger partial charge in [-0.2, -0.15) is 0 Å². The van der Waals surface area contributed by atoms with E-state index in [2.05, 4.69) is 39.1 Å². The van der Waals surface area contributed by atoms with Gasteiger partial charge in [0.05, 0.1) is 0 Å². The second-order valence-electron chi connectivity index (χ2n) is 4.29. The molecule has 1 aromatic heterocycles. The molecular weight excluding hydrogens is 246 g/mol. The molecule has 96 valence electrons. The SMILES string of the molecule is Cc1nccn1CCNCc1ccc(CCl)cc1. The molecule has 0 radical (unpaired) electrons. The number of alkyl halides is 1. The lowest BCUT2D eigenvalue weighted by Crippen LogP contribution is -2.19. The smallest absolute Gasteiger partial charge is 0.105 e. The molecule has 1 heterocycles. The van der Waals surface area contributed by atoms with Gasteiger partial charge in [-0.1, -0.05) is 24.3 Å². The molecule has 1 N–H and O–H groups in total. The van der Waals surface area contributed by atoms with E-state index in [0.29, 0.717) is 5.88 Å². The fourth-order valence-electron chi connectivity index (χ4n) is 1.82. The van der Waals surface area contributed by atoms with Crippen molar-refractivity contribution in [2.24, 2.45) is 0 Å². The van der Waals surface area contributed by atoms with E-state index in [4.69, 9.17) is 11.6 Å². The third-order valence-electron chi connectivity index (χ3n) is 2.96. The molecule has 0 aliphatic rings. The van der Waals surface area contributed by atoms with Gasteiger partial charge in [0.15, 0.2) is 0 Å². The number of nitrogens with one attached hydrogen (secondary N) is 1. The third-order valence-corrected chi connectivity index (χ3v) is 3.27. The lowest BCUT2D eigenvalue weighted by Gasteiger charge is -2.07. The Morgan fingerprint density at radius 3 is 2.56 bits per heavy atom. The van der Waals surface area contributed by atoms with E-state index in [1.165, 1.54) is 5.56 Å². The molecule has 0 spiro atoms. The van der Waals surface area contributed by atoms with Gasteiger partial charge in [0.1, 0.15) is 5.82 Å². The molecule has 2 aromatic rings. The van der Waals surface area contributed by atoms with Gasteiger partial charge in [0.2, 0.25) is 0 Å². The van der Waals surface area contributed by atoms with Crippen LogP contribution in [0.15, 0.2) is 36.7 Å². The van der Waals surface area contributed by atoms with Crippen molar-refractivity contribution in [3.63, 3.8) is 0 Å². The third kappa shape index (κ3) is 3.59. The van der Waals surface area contributed by atoms with Gasteiger partial charge in [-0.05, 0) is 18.1 Å². The maximum atomic E-state index is 5.75. The van der Waals surface area contributed by atoms with Crippen LogP contribution in [0.25, 0.3) is 0 Å². The molecular formula is C14H18ClN3. The van der Waals surface area contributed by atoms with E-state index in [0.717, 1.165) is 31.0 Å². The highest BCUT2D eigenvalue weighted by molar-refractivity contribution is 6.17. The summed E-state index contributed by atoms with van der Waals surface area (Å²) < 4.78 is 2.14. The van der Waals surface area contributed by atoms with E-state index in [9.17, 15) is 0 Å². The summed E-state index contributed by atoms with van der Waals surface area (Å²) in [4.78, 5) is 4.20. The Kier molecular flexibility index (Phi) is 4.79. The summed E-state index contributed by atoms with van der Waals surface area (Å²) in [6, 6.07) is 8.38. The van der Waals surface area contributed by atoms with Crippen LogP contribution in [0.3, 0.4) is 0 Å². The summed E-state index contributed by atoms with van der Waals surface area (Å²) in [6.45, 7) is 4.79. The maximum absolute atomic E-state index is 5.75. The first kappa shape index (κ1) is 13.1. The molecule has 0 unspecified atom stereocenters. The number of nitrogens with zero attached hydrogens (tertiary/aromatic N) is 2. The molecule has 0 aliphatic carbocycles. The number of hydrogen-bond acceptors (Lipinski definition) is 2. The Morgan fingerprint density at radius 2 is 1.94 bits per heavy atom. The molecule has 0 saturated carbocycles. The molecule has 0 saturated heterocycles. The molecule has 4 heteroatoms. The van der Waals surface area contributed by atoms with Crippen LogP contribution in [0.2, 0.25) is 0 Å². The van der Waals surface area contributed by atoms with E-state index < -0.39 is 0 Å². The zero-order chi connectivity index (χ0) is 12.8. The predicted octanol–water partition coefficient (Wildman–Crippen LogP) is 2.72. The number of aryl methyl sites for hydroxylation is 1. The minimum absolute atomic E-state index is 0.577. The number of benzene rings is 1. The van der Waals surface area contributed by atoms with E-state index in [1.807, 2.05) is 19.3 Å². The van der Waals surface area contributed by atoms with Gasteiger partial charge in [-0.15, -0.1) is 11.6 Å². The van der Waals surface area contributed by atoms with Crippen molar-refractivity contribution < 1.29 is 0 Å². The zero-order valence-electron chi connectivity index (χ0n) is 10.6. The number of imidazole rings is 1. The first-order valence-electron chi connectivity index (χ1n) is 6.12. The minimum Gasteiger partial charge on any atom is -0.334 e. The van der Waals surface area contributed by atoms with Crippen LogP contribution >= 0.6 is 11.6 Å². The second-order valence-corrected chi connectivity index (χ2v) is 4.56. The molecule has 0 aliphatic heterocycles.